The summed E-state index contributed by atoms with van der Waals surface area (Å²) in [6.07, 6.45) is 5.23. The molecule has 4 nitrogen and oxygen atoms in total. The molecule has 2 aliphatic rings. The lowest BCUT2D eigenvalue weighted by Crippen LogP contribution is -3.11. The third-order valence-corrected chi connectivity index (χ3v) is 7.63. The molecule has 0 unspecified atom stereocenters. The van der Waals surface area contributed by atoms with Crippen molar-refractivity contribution in [2.24, 2.45) is 11.8 Å². The smallest absolute Gasteiger partial charge is 0.187 e. The first-order valence-corrected chi connectivity index (χ1v) is 11.2. The van der Waals surface area contributed by atoms with Gasteiger partial charge in [0.05, 0.1) is 18.5 Å². The maximum atomic E-state index is 5.14. The fraction of sp³-hybridized carbons (Fsp3) is 0.714. The van der Waals surface area contributed by atoms with Gasteiger partial charge in [-0.3, -0.25) is 0 Å². The third-order valence-electron chi connectivity index (χ3n) is 6.53. The second kappa shape index (κ2) is 7.43. The lowest BCUT2D eigenvalue weighted by atomic mass is 9.99. The monoisotopic (exact) mass is 373 g/mol. The molecule has 0 saturated carbocycles. The Hall–Kier alpha value is -1.20. The number of aryl methyl sites for hydroxylation is 2. The minimum Gasteiger partial charge on any atom is -0.356 e. The van der Waals surface area contributed by atoms with Crippen LogP contribution in [0.1, 0.15) is 55.8 Å². The zero-order valence-electron chi connectivity index (χ0n) is 16.8. The molecule has 0 aliphatic carbocycles. The number of hydrogen-bond donors (Lipinski definition) is 1. The summed E-state index contributed by atoms with van der Waals surface area (Å²) in [5, 5.41) is 1.31. The van der Waals surface area contributed by atoms with Crippen LogP contribution in [0.15, 0.2) is 0 Å². The zero-order valence-corrected chi connectivity index (χ0v) is 17.6. The molecule has 0 atom stereocenters. The van der Waals surface area contributed by atoms with Crippen LogP contribution < -0.4 is 9.80 Å². The van der Waals surface area contributed by atoms with E-state index >= 15 is 0 Å². The molecule has 0 radical (unpaired) electrons. The van der Waals surface area contributed by atoms with Crippen molar-refractivity contribution < 1.29 is 4.90 Å². The number of fused-ring (bicyclic) bond motifs is 1. The van der Waals surface area contributed by atoms with Crippen molar-refractivity contribution in [2.45, 2.75) is 59.9 Å². The lowest BCUT2D eigenvalue weighted by molar-refractivity contribution is -0.920. The number of piperidine rings is 2. The van der Waals surface area contributed by atoms with Crippen LogP contribution in [0.3, 0.4) is 0 Å². The molecular formula is C21H33N4S+. The predicted molar refractivity (Wildman–Crippen MR) is 110 cm³/mol. The normalized spacial score (nSPS) is 25.2. The van der Waals surface area contributed by atoms with E-state index in [4.69, 9.17) is 9.97 Å². The first-order chi connectivity index (χ1) is 12.5. The van der Waals surface area contributed by atoms with Crippen LogP contribution in [0.2, 0.25) is 0 Å². The summed E-state index contributed by atoms with van der Waals surface area (Å²) in [6, 6.07) is 0. The van der Waals surface area contributed by atoms with Crippen molar-refractivity contribution in [3.63, 3.8) is 0 Å². The van der Waals surface area contributed by atoms with E-state index in [9.17, 15) is 0 Å². The quantitative estimate of drug-likeness (QED) is 0.896. The Morgan fingerprint density at radius 3 is 2.35 bits per heavy atom. The van der Waals surface area contributed by atoms with Crippen LogP contribution >= 0.6 is 11.3 Å². The Kier molecular flexibility index (Phi) is 5.20. The number of hydrogen-bond acceptors (Lipinski definition) is 4. The average Bonchev–Trinajstić information content (AvgIpc) is 2.91. The van der Waals surface area contributed by atoms with Crippen molar-refractivity contribution in [2.75, 3.05) is 31.1 Å². The highest BCUT2D eigenvalue weighted by atomic mass is 32.1. The molecule has 0 aromatic carbocycles. The standard InChI is InChI=1S/C21H32N4S/c1-14-5-9-24(10-6-14)13-18-22-20(25-11-7-15(2)8-12-25)19-16(3)17(4)26-21(19)23-18/h14-15H,5-13H2,1-4H3/p+1. The highest BCUT2D eigenvalue weighted by Gasteiger charge is 2.25. The van der Waals surface area contributed by atoms with E-state index in [2.05, 4.69) is 32.6 Å². The second-order valence-electron chi connectivity index (χ2n) is 8.71. The molecule has 1 N–H and O–H groups in total. The number of quaternary nitrogens is 1. The summed E-state index contributed by atoms with van der Waals surface area (Å²) in [5.74, 6) is 3.99. The minimum atomic E-state index is 0.841. The topological polar surface area (TPSA) is 33.5 Å². The van der Waals surface area contributed by atoms with Crippen molar-refractivity contribution in [1.29, 1.82) is 0 Å². The van der Waals surface area contributed by atoms with Gasteiger partial charge in [-0.05, 0) is 56.9 Å². The van der Waals surface area contributed by atoms with Crippen LogP contribution in [-0.2, 0) is 6.54 Å². The summed E-state index contributed by atoms with van der Waals surface area (Å²) in [6.45, 7) is 15.0. The molecular weight excluding hydrogens is 340 g/mol. The number of nitrogens with zero attached hydrogens (tertiary/aromatic N) is 3. The number of rotatable bonds is 3. The fourth-order valence-corrected chi connectivity index (χ4v) is 5.41. The molecule has 5 heteroatoms. The molecule has 4 heterocycles. The number of likely N-dealkylation sites (tertiary alicyclic amines) is 1. The van der Waals surface area contributed by atoms with Crippen LogP contribution in [0.5, 0.6) is 0 Å². The Labute approximate surface area is 161 Å². The molecule has 0 bridgehead atoms. The van der Waals surface area contributed by atoms with Gasteiger partial charge in [0.1, 0.15) is 17.2 Å². The molecule has 26 heavy (non-hydrogen) atoms. The van der Waals surface area contributed by atoms with Crippen molar-refractivity contribution in [3.8, 4) is 0 Å². The molecule has 0 amide bonds. The summed E-state index contributed by atoms with van der Waals surface area (Å²) in [7, 11) is 0. The van der Waals surface area contributed by atoms with Gasteiger partial charge in [0.15, 0.2) is 5.82 Å². The Balaban J connectivity index is 1.66. The Morgan fingerprint density at radius 1 is 1.00 bits per heavy atom. The van der Waals surface area contributed by atoms with Crippen molar-refractivity contribution >= 4 is 27.4 Å². The Morgan fingerprint density at radius 2 is 1.65 bits per heavy atom. The van der Waals surface area contributed by atoms with Crippen molar-refractivity contribution in [1.82, 2.24) is 9.97 Å². The number of nitrogens with one attached hydrogen (secondary N) is 1. The van der Waals surface area contributed by atoms with Crippen LogP contribution in [0.25, 0.3) is 10.2 Å². The molecule has 142 valence electrons. The van der Waals surface area contributed by atoms with E-state index in [1.54, 1.807) is 4.90 Å². The maximum absolute atomic E-state index is 5.14. The van der Waals surface area contributed by atoms with Crippen LogP contribution in [0, 0.1) is 25.7 Å². The van der Waals surface area contributed by atoms with Crippen molar-refractivity contribution in [3.05, 3.63) is 16.3 Å². The summed E-state index contributed by atoms with van der Waals surface area (Å²) in [5.41, 5.74) is 1.38. The second-order valence-corrected chi connectivity index (χ2v) is 9.91. The van der Waals surface area contributed by atoms with Gasteiger partial charge in [-0.2, -0.15) is 0 Å². The first-order valence-electron chi connectivity index (χ1n) is 10.4. The molecule has 2 saturated heterocycles. The molecule has 2 fully saturated rings. The zero-order chi connectivity index (χ0) is 18.3. The van der Waals surface area contributed by atoms with Crippen LogP contribution in [-0.4, -0.2) is 36.1 Å². The summed E-state index contributed by atoms with van der Waals surface area (Å²) >= 11 is 1.85. The average molecular weight is 374 g/mol. The molecule has 2 aromatic heterocycles. The van der Waals surface area contributed by atoms with E-state index in [-0.39, 0.29) is 0 Å². The number of anilines is 1. The maximum Gasteiger partial charge on any atom is 0.187 e. The highest BCUT2D eigenvalue weighted by molar-refractivity contribution is 7.18. The summed E-state index contributed by atoms with van der Waals surface area (Å²) in [4.78, 5) is 16.9. The summed E-state index contributed by atoms with van der Waals surface area (Å²) < 4.78 is 0. The number of aromatic nitrogens is 2. The fourth-order valence-electron chi connectivity index (χ4n) is 4.37. The first kappa shape index (κ1) is 18.2. The van der Waals surface area contributed by atoms with E-state index in [0.29, 0.717) is 0 Å². The van der Waals surface area contributed by atoms with E-state index in [1.165, 1.54) is 65.2 Å². The van der Waals surface area contributed by atoms with Gasteiger partial charge >= 0.3 is 0 Å². The molecule has 2 aromatic rings. The van der Waals surface area contributed by atoms with E-state index in [0.717, 1.165) is 37.3 Å². The van der Waals surface area contributed by atoms with Crippen LogP contribution in [0.4, 0.5) is 5.82 Å². The van der Waals surface area contributed by atoms with Gasteiger partial charge in [-0.15, -0.1) is 11.3 Å². The van der Waals surface area contributed by atoms with Gasteiger partial charge < -0.3 is 9.80 Å². The number of thiophene rings is 1. The van der Waals surface area contributed by atoms with E-state index < -0.39 is 0 Å². The highest BCUT2D eigenvalue weighted by Crippen LogP contribution is 2.36. The largest absolute Gasteiger partial charge is 0.356 e. The van der Waals surface area contributed by atoms with Gasteiger partial charge in [-0.1, -0.05) is 13.8 Å². The molecule has 2 aliphatic heterocycles. The SMILES string of the molecule is Cc1sc2nc(C[NH+]3CCC(C)CC3)nc(N3CCC(C)CC3)c2c1C. The van der Waals surface area contributed by atoms with E-state index in [1.807, 2.05) is 11.3 Å². The van der Waals surface area contributed by atoms with Gasteiger partial charge in [-0.25, -0.2) is 9.97 Å². The molecule has 0 spiro atoms. The van der Waals surface area contributed by atoms with Gasteiger partial charge in [0.25, 0.3) is 0 Å². The Bertz CT molecular complexity index is 768. The lowest BCUT2D eigenvalue weighted by Gasteiger charge is -2.32. The predicted octanol–water partition coefficient (Wildman–Crippen LogP) is 3.36. The molecule has 4 rings (SSSR count). The third kappa shape index (κ3) is 3.61. The van der Waals surface area contributed by atoms with Gasteiger partial charge in [0.2, 0.25) is 0 Å². The minimum absolute atomic E-state index is 0.841. The van der Waals surface area contributed by atoms with Gasteiger partial charge in [0, 0.05) is 18.0 Å².